The number of benzene rings is 1. The second kappa shape index (κ2) is 4.13. The number of phenols is 1. The van der Waals surface area contributed by atoms with Gasteiger partial charge in [-0.15, -0.1) is 0 Å². The summed E-state index contributed by atoms with van der Waals surface area (Å²) < 4.78 is 0. The summed E-state index contributed by atoms with van der Waals surface area (Å²) in [6.45, 7) is 1.90. The van der Waals surface area contributed by atoms with Crippen LogP contribution < -0.4 is 0 Å². The van der Waals surface area contributed by atoms with Crippen molar-refractivity contribution in [2.75, 3.05) is 14.1 Å². The summed E-state index contributed by atoms with van der Waals surface area (Å²) in [6, 6.07) is 5.34. The van der Waals surface area contributed by atoms with Crippen LogP contribution in [0.3, 0.4) is 0 Å². The van der Waals surface area contributed by atoms with Crippen molar-refractivity contribution in [3.05, 3.63) is 29.3 Å². The molecule has 1 N–H and O–H groups in total. The number of phenolic OH excluding ortho intramolecular Hbond substituents is 1. The Kier molecular flexibility index (Phi) is 3.12. The van der Waals surface area contributed by atoms with Gasteiger partial charge in [0.2, 0.25) is 5.91 Å². The van der Waals surface area contributed by atoms with Gasteiger partial charge in [-0.05, 0) is 18.6 Å². The number of carbonyl (C=O) groups is 1. The molecule has 0 radical (unpaired) electrons. The minimum absolute atomic E-state index is 0.0100. The first-order valence-electron chi connectivity index (χ1n) is 4.49. The smallest absolute Gasteiger partial charge is 0.226 e. The maximum Gasteiger partial charge on any atom is 0.226 e. The van der Waals surface area contributed by atoms with Crippen molar-refractivity contribution < 1.29 is 9.90 Å². The van der Waals surface area contributed by atoms with Crippen LogP contribution in [0.25, 0.3) is 0 Å². The van der Waals surface area contributed by atoms with Gasteiger partial charge in [0, 0.05) is 19.7 Å². The second-order valence-electron chi connectivity index (χ2n) is 3.60. The van der Waals surface area contributed by atoms with Gasteiger partial charge in [-0.1, -0.05) is 12.1 Å². The summed E-state index contributed by atoms with van der Waals surface area (Å²) >= 11 is 0. The Hall–Kier alpha value is -1.51. The fourth-order valence-electron chi connectivity index (χ4n) is 1.14. The quantitative estimate of drug-likeness (QED) is 0.769. The molecule has 0 unspecified atom stereocenters. The number of nitrogens with zero attached hydrogens (tertiary/aromatic N) is 1. The minimum atomic E-state index is -0.0100. The van der Waals surface area contributed by atoms with Gasteiger partial charge in [-0.3, -0.25) is 4.79 Å². The minimum Gasteiger partial charge on any atom is -0.508 e. The van der Waals surface area contributed by atoms with Gasteiger partial charge in [-0.2, -0.15) is 0 Å². The summed E-state index contributed by atoms with van der Waals surface area (Å²) in [7, 11) is 3.40. The van der Waals surface area contributed by atoms with E-state index in [1.54, 1.807) is 26.2 Å². The maximum absolute atomic E-state index is 11.4. The Morgan fingerprint density at radius 3 is 2.57 bits per heavy atom. The Balaban J connectivity index is 2.82. The first-order valence-corrected chi connectivity index (χ1v) is 4.49. The van der Waals surface area contributed by atoms with Crippen LogP contribution in [0.15, 0.2) is 18.2 Å². The van der Waals surface area contributed by atoms with Crippen molar-refractivity contribution in [3.63, 3.8) is 0 Å². The average Bonchev–Trinajstić information content (AvgIpc) is 2.09. The molecule has 0 aromatic heterocycles. The van der Waals surface area contributed by atoms with Crippen LogP contribution in [0.2, 0.25) is 0 Å². The van der Waals surface area contributed by atoms with Crippen LogP contribution >= 0.6 is 0 Å². The van der Waals surface area contributed by atoms with E-state index in [2.05, 4.69) is 0 Å². The number of hydrogen-bond acceptors (Lipinski definition) is 2. The van der Waals surface area contributed by atoms with Gasteiger partial charge in [0.05, 0.1) is 6.42 Å². The average molecular weight is 193 g/mol. The highest BCUT2D eigenvalue weighted by molar-refractivity contribution is 5.78. The highest BCUT2D eigenvalue weighted by Crippen LogP contribution is 2.19. The second-order valence-corrected chi connectivity index (χ2v) is 3.60. The van der Waals surface area contributed by atoms with Crippen molar-refractivity contribution in [1.29, 1.82) is 0 Å². The third kappa shape index (κ3) is 2.49. The molecule has 1 aromatic rings. The van der Waals surface area contributed by atoms with Crippen molar-refractivity contribution in [3.8, 4) is 5.75 Å². The fourth-order valence-corrected chi connectivity index (χ4v) is 1.14. The summed E-state index contributed by atoms with van der Waals surface area (Å²) in [5, 5.41) is 9.55. The molecule has 1 amide bonds. The lowest BCUT2D eigenvalue weighted by molar-refractivity contribution is -0.127. The molecule has 76 valence electrons. The number of rotatable bonds is 2. The first-order chi connectivity index (χ1) is 6.50. The Morgan fingerprint density at radius 1 is 1.43 bits per heavy atom. The SMILES string of the molecule is Cc1ccc(CC(=O)N(C)C)c(O)c1. The zero-order valence-corrected chi connectivity index (χ0v) is 8.74. The Bertz CT molecular complexity index is 345. The molecule has 3 nitrogen and oxygen atoms in total. The molecular formula is C11H15NO2. The van der Waals surface area contributed by atoms with E-state index in [-0.39, 0.29) is 18.1 Å². The summed E-state index contributed by atoms with van der Waals surface area (Å²) in [5.41, 5.74) is 1.66. The number of carbonyl (C=O) groups excluding carboxylic acids is 1. The van der Waals surface area contributed by atoms with E-state index in [9.17, 15) is 9.90 Å². The number of aryl methyl sites for hydroxylation is 1. The molecule has 0 saturated heterocycles. The molecular weight excluding hydrogens is 178 g/mol. The lowest BCUT2D eigenvalue weighted by Crippen LogP contribution is -2.23. The van der Waals surface area contributed by atoms with Crippen molar-refractivity contribution >= 4 is 5.91 Å². The molecule has 0 aliphatic heterocycles. The molecule has 0 aliphatic carbocycles. The van der Waals surface area contributed by atoms with E-state index in [0.717, 1.165) is 5.56 Å². The first kappa shape index (κ1) is 10.6. The highest BCUT2D eigenvalue weighted by Gasteiger charge is 2.08. The molecule has 0 aliphatic rings. The van der Waals surface area contributed by atoms with Crippen molar-refractivity contribution in [1.82, 2.24) is 4.90 Å². The van der Waals surface area contributed by atoms with E-state index in [4.69, 9.17) is 0 Å². The highest BCUT2D eigenvalue weighted by atomic mass is 16.3. The number of amides is 1. The van der Waals surface area contributed by atoms with Crippen LogP contribution in [0.1, 0.15) is 11.1 Å². The lowest BCUT2D eigenvalue weighted by Gasteiger charge is -2.11. The maximum atomic E-state index is 11.4. The summed E-state index contributed by atoms with van der Waals surface area (Å²) in [6.07, 6.45) is 0.249. The zero-order valence-electron chi connectivity index (χ0n) is 8.74. The van der Waals surface area contributed by atoms with Gasteiger partial charge >= 0.3 is 0 Å². The number of hydrogen-bond donors (Lipinski definition) is 1. The van der Waals surface area contributed by atoms with Gasteiger partial charge in [0.25, 0.3) is 0 Å². The molecule has 0 bridgehead atoms. The largest absolute Gasteiger partial charge is 0.508 e. The van der Waals surface area contributed by atoms with Crippen LogP contribution in [-0.2, 0) is 11.2 Å². The molecule has 0 atom stereocenters. The van der Waals surface area contributed by atoms with E-state index in [1.807, 2.05) is 13.0 Å². The van der Waals surface area contributed by atoms with Crippen molar-refractivity contribution in [2.45, 2.75) is 13.3 Å². The fraction of sp³-hybridized carbons (Fsp3) is 0.364. The Labute approximate surface area is 84.0 Å². The molecule has 1 aromatic carbocycles. The molecule has 0 saturated carbocycles. The van der Waals surface area contributed by atoms with Gasteiger partial charge in [0.1, 0.15) is 5.75 Å². The predicted molar refractivity (Wildman–Crippen MR) is 55.2 cm³/mol. The summed E-state index contributed by atoms with van der Waals surface area (Å²) in [5.74, 6) is 0.185. The molecule has 1 rings (SSSR count). The van der Waals surface area contributed by atoms with Gasteiger partial charge in [0.15, 0.2) is 0 Å². The van der Waals surface area contributed by atoms with Crippen LogP contribution in [-0.4, -0.2) is 30.0 Å². The van der Waals surface area contributed by atoms with Gasteiger partial charge in [-0.25, -0.2) is 0 Å². The molecule has 3 heteroatoms. The van der Waals surface area contributed by atoms with E-state index < -0.39 is 0 Å². The molecule has 0 heterocycles. The normalized spacial score (nSPS) is 9.93. The monoisotopic (exact) mass is 193 g/mol. The third-order valence-electron chi connectivity index (χ3n) is 2.08. The number of aromatic hydroxyl groups is 1. The van der Waals surface area contributed by atoms with Crippen LogP contribution in [0, 0.1) is 6.92 Å². The summed E-state index contributed by atoms with van der Waals surface area (Å²) in [4.78, 5) is 12.9. The van der Waals surface area contributed by atoms with Crippen LogP contribution in [0.4, 0.5) is 0 Å². The van der Waals surface area contributed by atoms with Crippen molar-refractivity contribution in [2.24, 2.45) is 0 Å². The van der Waals surface area contributed by atoms with E-state index in [1.165, 1.54) is 4.90 Å². The molecule has 0 fully saturated rings. The van der Waals surface area contributed by atoms with E-state index >= 15 is 0 Å². The number of likely N-dealkylation sites (N-methyl/N-ethyl adjacent to an activating group) is 1. The third-order valence-corrected chi connectivity index (χ3v) is 2.08. The molecule has 0 spiro atoms. The lowest BCUT2D eigenvalue weighted by atomic mass is 10.1. The standard InChI is InChI=1S/C11H15NO2/c1-8-4-5-9(10(13)6-8)7-11(14)12(2)3/h4-6,13H,7H2,1-3H3. The topological polar surface area (TPSA) is 40.5 Å². The molecule has 14 heavy (non-hydrogen) atoms. The van der Waals surface area contributed by atoms with E-state index in [0.29, 0.717) is 5.56 Å². The predicted octanol–water partition coefficient (Wildman–Crippen LogP) is 1.33. The zero-order chi connectivity index (χ0) is 10.7. The van der Waals surface area contributed by atoms with Gasteiger partial charge < -0.3 is 10.0 Å². The Morgan fingerprint density at radius 2 is 2.07 bits per heavy atom. The van der Waals surface area contributed by atoms with Crippen LogP contribution in [0.5, 0.6) is 5.75 Å².